The Hall–Kier alpha value is -1.54. The lowest BCUT2D eigenvalue weighted by atomic mass is 9.99. The summed E-state index contributed by atoms with van der Waals surface area (Å²) in [4.78, 5) is 0. The van der Waals surface area contributed by atoms with Crippen LogP contribution in [0.2, 0.25) is 0 Å². The zero-order chi connectivity index (χ0) is 11.5. The van der Waals surface area contributed by atoms with E-state index in [0.717, 1.165) is 12.2 Å². The first-order valence-electron chi connectivity index (χ1n) is 5.52. The number of nitrogens with two attached hydrogens (primary N) is 1. The van der Waals surface area contributed by atoms with Crippen LogP contribution in [0.5, 0.6) is 5.75 Å². The Labute approximate surface area is 96.0 Å². The van der Waals surface area contributed by atoms with E-state index in [1.807, 2.05) is 13.0 Å². The maximum Gasteiger partial charge on any atom is 0.119 e. The summed E-state index contributed by atoms with van der Waals surface area (Å²) in [5, 5.41) is 2.47. The summed E-state index contributed by atoms with van der Waals surface area (Å²) in [7, 11) is 1.69. The second-order valence-electron chi connectivity index (χ2n) is 4.19. The molecule has 0 aliphatic carbocycles. The number of fused-ring (bicyclic) bond motifs is 1. The van der Waals surface area contributed by atoms with E-state index in [0.29, 0.717) is 0 Å². The molecule has 2 aromatic rings. The van der Waals surface area contributed by atoms with Gasteiger partial charge in [-0.2, -0.15) is 0 Å². The molecule has 2 rings (SSSR count). The van der Waals surface area contributed by atoms with Crippen molar-refractivity contribution >= 4 is 10.8 Å². The van der Waals surface area contributed by atoms with E-state index in [1.165, 1.54) is 16.3 Å². The molecule has 0 amide bonds. The third-order valence-corrected chi connectivity index (χ3v) is 2.72. The molecule has 0 saturated heterocycles. The highest BCUT2D eigenvalue weighted by Crippen LogP contribution is 2.24. The topological polar surface area (TPSA) is 35.2 Å². The number of ether oxygens (including phenoxy) is 1. The zero-order valence-corrected chi connectivity index (χ0v) is 9.73. The van der Waals surface area contributed by atoms with Gasteiger partial charge in [0.25, 0.3) is 0 Å². The van der Waals surface area contributed by atoms with Gasteiger partial charge in [0.05, 0.1) is 7.11 Å². The Balaban J connectivity index is 2.55. The highest BCUT2D eigenvalue weighted by Gasteiger charge is 2.04. The van der Waals surface area contributed by atoms with Crippen molar-refractivity contribution in [1.29, 1.82) is 0 Å². The van der Waals surface area contributed by atoms with Crippen molar-refractivity contribution in [3.8, 4) is 5.75 Å². The van der Waals surface area contributed by atoms with Gasteiger partial charge in [-0.05, 0) is 41.8 Å². The molecule has 0 spiro atoms. The van der Waals surface area contributed by atoms with Crippen molar-refractivity contribution in [3.63, 3.8) is 0 Å². The number of rotatable bonds is 3. The molecule has 0 fully saturated rings. The fourth-order valence-corrected chi connectivity index (χ4v) is 1.97. The highest BCUT2D eigenvalue weighted by atomic mass is 16.5. The molecule has 0 unspecified atom stereocenters. The van der Waals surface area contributed by atoms with Crippen molar-refractivity contribution in [3.05, 3.63) is 42.0 Å². The molecule has 2 nitrogen and oxygen atoms in total. The summed E-state index contributed by atoms with van der Waals surface area (Å²) in [6, 6.07) is 12.6. The van der Waals surface area contributed by atoms with E-state index in [1.54, 1.807) is 7.11 Å². The number of hydrogen-bond donors (Lipinski definition) is 1. The van der Waals surface area contributed by atoms with Crippen molar-refractivity contribution in [2.45, 2.75) is 19.4 Å². The molecular formula is C14H17NO. The lowest BCUT2D eigenvalue weighted by Gasteiger charge is -2.10. The zero-order valence-electron chi connectivity index (χ0n) is 9.73. The molecule has 0 aromatic heterocycles. The quantitative estimate of drug-likeness (QED) is 0.854. The van der Waals surface area contributed by atoms with Crippen molar-refractivity contribution in [2.24, 2.45) is 5.73 Å². The second kappa shape index (κ2) is 4.54. The normalized spacial score (nSPS) is 12.7. The largest absolute Gasteiger partial charge is 0.497 e. The predicted molar refractivity (Wildman–Crippen MR) is 67.9 cm³/mol. The molecule has 0 saturated carbocycles. The van der Waals surface area contributed by atoms with Gasteiger partial charge >= 0.3 is 0 Å². The molecule has 0 aliphatic heterocycles. The third-order valence-electron chi connectivity index (χ3n) is 2.72. The van der Waals surface area contributed by atoms with Gasteiger partial charge in [0, 0.05) is 6.04 Å². The van der Waals surface area contributed by atoms with Gasteiger partial charge in [-0.3, -0.25) is 0 Å². The fourth-order valence-electron chi connectivity index (χ4n) is 1.97. The molecule has 1 atom stereocenters. The predicted octanol–water partition coefficient (Wildman–Crippen LogP) is 2.74. The Morgan fingerprint density at radius 3 is 2.75 bits per heavy atom. The van der Waals surface area contributed by atoms with Crippen LogP contribution in [0.15, 0.2) is 36.4 Å². The van der Waals surface area contributed by atoms with Crippen molar-refractivity contribution in [1.82, 2.24) is 0 Å². The van der Waals surface area contributed by atoms with Crippen LogP contribution in [0.3, 0.4) is 0 Å². The smallest absolute Gasteiger partial charge is 0.119 e. The van der Waals surface area contributed by atoms with Crippen LogP contribution >= 0.6 is 0 Å². The number of methoxy groups -OCH3 is 1. The summed E-state index contributed by atoms with van der Waals surface area (Å²) in [6.07, 6.45) is 0.893. The minimum atomic E-state index is 0.178. The van der Waals surface area contributed by atoms with Gasteiger partial charge in [0.15, 0.2) is 0 Å². The molecule has 0 radical (unpaired) electrons. The maximum atomic E-state index is 5.85. The van der Waals surface area contributed by atoms with Gasteiger partial charge in [0.2, 0.25) is 0 Å². The summed E-state index contributed by atoms with van der Waals surface area (Å²) in [5.41, 5.74) is 7.14. The van der Waals surface area contributed by atoms with Gasteiger partial charge in [-0.25, -0.2) is 0 Å². The molecule has 2 heteroatoms. The van der Waals surface area contributed by atoms with Gasteiger partial charge in [-0.15, -0.1) is 0 Å². The minimum absolute atomic E-state index is 0.178. The molecule has 2 N–H and O–H groups in total. The molecule has 16 heavy (non-hydrogen) atoms. The first kappa shape index (κ1) is 11.0. The average Bonchev–Trinajstić information content (AvgIpc) is 2.28. The molecule has 0 aliphatic rings. The number of hydrogen-bond acceptors (Lipinski definition) is 2. The second-order valence-corrected chi connectivity index (χ2v) is 4.19. The fraction of sp³-hybridized carbons (Fsp3) is 0.286. The van der Waals surface area contributed by atoms with Crippen LogP contribution in [-0.4, -0.2) is 13.2 Å². The Bertz CT molecular complexity index is 491. The summed E-state index contributed by atoms with van der Waals surface area (Å²) in [5.74, 6) is 0.893. The van der Waals surface area contributed by atoms with Crippen LogP contribution in [-0.2, 0) is 6.42 Å². The van der Waals surface area contributed by atoms with E-state index in [-0.39, 0.29) is 6.04 Å². The van der Waals surface area contributed by atoms with Crippen molar-refractivity contribution < 1.29 is 4.74 Å². The molecule has 2 aromatic carbocycles. The molecule has 84 valence electrons. The lowest BCUT2D eigenvalue weighted by molar-refractivity contribution is 0.415. The van der Waals surface area contributed by atoms with E-state index in [2.05, 4.69) is 30.3 Å². The van der Waals surface area contributed by atoms with Gasteiger partial charge < -0.3 is 10.5 Å². The Morgan fingerprint density at radius 1 is 1.25 bits per heavy atom. The van der Waals surface area contributed by atoms with Gasteiger partial charge in [0.1, 0.15) is 5.75 Å². The molecule has 0 heterocycles. The summed E-state index contributed by atoms with van der Waals surface area (Å²) < 4.78 is 5.25. The van der Waals surface area contributed by atoms with E-state index < -0.39 is 0 Å². The van der Waals surface area contributed by atoms with Crippen LogP contribution < -0.4 is 10.5 Å². The van der Waals surface area contributed by atoms with Crippen molar-refractivity contribution in [2.75, 3.05) is 7.11 Å². The first-order chi connectivity index (χ1) is 7.70. The lowest BCUT2D eigenvalue weighted by Crippen LogP contribution is -2.17. The van der Waals surface area contributed by atoms with E-state index in [4.69, 9.17) is 10.5 Å². The van der Waals surface area contributed by atoms with E-state index >= 15 is 0 Å². The van der Waals surface area contributed by atoms with Crippen LogP contribution in [0.1, 0.15) is 12.5 Å². The molecular weight excluding hydrogens is 198 g/mol. The van der Waals surface area contributed by atoms with Crippen LogP contribution in [0.25, 0.3) is 10.8 Å². The van der Waals surface area contributed by atoms with Crippen LogP contribution in [0.4, 0.5) is 0 Å². The molecule has 0 bridgehead atoms. The average molecular weight is 215 g/mol. The highest BCUT2D eigenvalue weighted by molar-refractivity contribution is 5.87. The third kappa shape index (κ3) is 2.17. The first-order valence-corrected chi connectivity index (χ1v) is 5.52. The Morgan fingerprint density at radius 2 is 2.06 bits per heavy atom. The van der Waals surface area contributed by atoms with Gasteiger partial charge in [-0.1, -0.05) is 24.3 Å². The SMILES string of the molecule is COc1ccc2cccc(C[C@H](C)N)c2c1. The summed E-state index contributed by atoms with van der Waals surface area (Å²) >= 11 is 0. The monoisotopic (exact) mass is 215 g/mol. The Kier molecular flexibility index (Phi) is 3.11. The standard InChI is InChI=1S/C14H17NO/c1-10(15)8-12-5-3-4-11-6-7-13(16-2)9-14(11)12/h3-7,9-10H,8,15H2,1-2H3/t10-/m0/s1. The maximum absolute atomic E-state index is 5.85. The van der Waals surface area contributed by atoms with Crippen LogP contribution in [0, 0.1) is 0 Å². The number of benzene rings is 2. The van der Waals surface area contributed by atoms with E-state index in [9.17, 15) is 0 Å². The summed E-state index contributed by atoms with van der Waals surface area (Å²) in [6.45, 7) is 2.03. The minimum Gasteiger partial charge on any atom is -0.497 e.